The van der Waals surface area contributed by atoms with E-state index in [4.69, 9.17) is 5.73 Å². The Balaban J connectivity index is 2.04. The average molecular weight is 203 g/mol. The lowest BCUT2D eigenvalue weighted by atomic mass is 10.1. The van der Waals surface area contributed by atoms with Gasteiger partial charge in [-0.3, -0.25) is 0 Å². The van der Waals surface area contributed by atoms with E-state index < -0.39 is 0 Å². The summed E-state index contributed by atoms with van der Waals surface area (Å²) >= 11 is 1.85. The highest BCUT2D eigenvalue weighted by Crippen LogP contribution is 2.32. The van der Waals surface area contributed by atoms with Crippen molar-refractivity contribution in [3.05, 3.63) is 0 Å². The average Bonchev–Trinajstić information content (AvgIpc) is 2.47. The molecule has 0 radical (unpaired) electrons. The van der Waals surface area contributed by atoms with Gasteiger partial charge in [0.25, 0.3) is 0 Å². The van der Waals surface area contributed by atoms with E-state index in [0.717, 1.165) is 30.8 Å². The monoisotopic (exact) mass is 203 g/mol. The molecule has 1 aliphatic carbocycles. The Labute approximate surface area is 85.3 Å². The van der Waals surface area contributed by atoms with Crippen molar-refractivity contribution in [3.8, 4) is 0 Å². The van der Waals surface area contributed by atoms with Crippen LogP contribution in [-0.2, 0) is 0 Å². The van der Waals surface area contributed by atoms with Gasteiger partial charge < -0.3 is 10.8 Å². The van der Waals surface area contributed by atoms with Gasteiger partial charge in [0.15, 0.2) is 0 Å². The molecular formula is C10H21NOS. The van der Waals surface area contributed by atoms with Crippen LogP contribution in [0.1, 0.15) is 39.0 Å². The first-order valence-corrected chi connectivity index (χ1v) is 6.34. The maximum atomic E-state index is 10.0. The fourth-order valence-electron chi connectivity index (χ4n) is 1.71. The third kappa shape index (κ3) is 4.34. The van der Waals surface area contributed by atoms with E-state index in [2.05, 4.69) is 0 Å². The van der Waals surface area contributed by atoms with Gasteiger partial charge in [0.1, 0.15) is 0 Å². The van der Waals surface area contributed by atoms with E-state index in [1.165, 1.54) is 12.8 Å². The van der Waals surface area contributed by atoms with Crippen LogP contribution in [0.3, 0.4) is 0 Å². The summed E-state index contributed by atoms with van der Waals surface area (Å²) in [6.07, 6.45) is 5.45. The van der Waals surface area contributed by atoms with Gasteiger partial charge >= 0.3 is 0 Å². The van der Waals surface area contributed by atoms with Gasteiger partial charge in [0.05, 0.1) is 5.60 Å². The molecule has 0 aromatic carbocycles. The maximum absolute atomic E-state index is 10.0. The minimum absolute atomic E-state index is 0.297. The van der Waals surface area contributed by atoms with Crippen LogP contribution in [0.2, 0.25) is 0 Å². The van der Waals surface area contributed by atoms with Gasteiger partial charge in [0, 0.05) is 11.8 Å². The molecule has 1 unspecified atom stereocenters. The van der Waals surface area contributed by atoms with Crippen molar-refractivity contribution < 1.29 is 5.11 Å². The maximum Gasteiger partial charge on any atom is 0.0737 e. The first-order valence-electron chi connectivity index (χ1n) is 5.18. The van der Waals surface area contributed by atoms with E-state index in [1.807, 2.05) is 18.7 Å². The van der Waals surface area contributed by atoms with Gasteiger partial charge in [-0.1, -0.05) is 12.8 Å². The molecule has 3 heteroatoms. The summed E-state index contributed by atoms with van der Waals surface area (Å²) in [5.74, 6) is 1.99. The van der Waals surface area contributed by atoms with E-state index in [-0.39, 0.29) is 5.60 Å². The predicted molar refractivity (Wildman–Crippen MR) is 59.0 cm³/mol. The molecule has 1 atom stereocenters. The van der Waals surface area contributed by atoms with Crippen LogP contribution in [0, 0.1) is 0 Å². The van der Waals surface area contributed by atoms with Gasteiger partial charge in [-0.25, -0.2) is 0 Å². The minimum atomic E-state index is -0.345. The number of hydrogen-bond acceptors (Lipinski definition) is 3. The second-order valence-electron chi connectivity index (χ2n) is 4.25. The molecule has 1 saturated carbocycles. The fourth-order valence-corrected chi connectivity index (χ4v) is 3.06. The van der Waals surface area contributed by atoms with Crippen LogP contribution in [0.4, 0.5) is 0 Å². The van der Waals surface area contributed by atoms with Crippen LogP contribution in [0.25, 0.3) is 0 Å². The zero-order valence-corrected chi connectivity index (χ0v) is 9.28. The molecule has 0 spiro atoms. The van der Waals surface area contributed by atoms with Crippen LogP contribution in [-0.4, -0.2) is 28.3 Å². The molecule has 0 amide bonds. The van der Waals surface area contributed by atoms with Gasteiger partial charge in [-0.2, -0.15) is 11.8 Å². The molecule has 0 heterocycles. The molecule has 78 valence electrons. The zero-order chi connectivity index (χ0) is 9.73. The molecule has 0 aliphatic heterocycles. The van der Waals surface area contributed by atoms with Crippen LogP contribution < -0.4 is 5.73 Å². The SMILES string of the molecule is CC(N)CCSCC1(O)CCCC1. The second kappa shape index (κ2) is 5.23. The van der Waals surface area contributed by atoms with Gasteiger partial charge in [0.2, 0.25) is 0 Å². The zero-order valence-electron chi connectivity index (χ0n) is 8.46. The van der Waals surface area contributed by atoms with E-state index in [0.29, 0.717) is 6.04 Å². The fraction of sp³-hybridized carbons (Fsp3) is 1.00. The van der Waals surface area contributed by atoms with Crippen molar-refractivity contribution in [2.24, 2.45) is 5.73 Å². The molecule has 1 rings (SSSR count). The first-order chi connectivity index (χ1) is 6.12. The summed E-state index contributed by atoms with van der Waals surface area (Å²) in [5.41, 5.74) is 5.30. The summed E-state index contributed by atoms with van der Waals surface area (Å²) in [7, 11) is 0. The van der Waals surface area contributed by atoms with Crippen molar-refractivity contribution in [3.63, 3.8) is 0 Å². The quantitative estimate of drug-likeness (QED) is 0.669. The number of hydrogen-bond donors (Lipinski definition) is 2. The minimum Gasteiger partial charge on any atom is -0.389 e. The van der Waals surface area contributed by atoms with E-state index in [1.54, 1.807) is 0 Å². The van der Waals surface area contributed by atoms with Crippen LogP contribution in [0.15, 0.2) is 0 Å². The highest BCUT2D eigenvalue weighted by atomic mass is 32.2. The van der Waals surface area contributed by atoms with Crippen molar-refractivity contribution >= 4 is 11.8 Å². The predicted octanol–water partition coefficient (Wildman–Crippen LogP) is 1.76. The van der Waals surface area contributed by atoms with Gasteiger partial charge in [-0.15, -0.1) is 0 Å². The van der Waals surface area contributed by atoms with Crippen LogP contribution >= 0.6 is 11.8 Å². The smallest absolute Gasteiger partial charge is 0.0737 e. The largest absolute Gasteiger partial charge is 0.389 e. The van der Waals surface area contributed by atoms with Crippen molar-refractivity contribution in [1.29, 1.82) is 0 Å². The van der Waals surface area contributed by atoms with E-state index in [9.17, 15) is 5.11 Å². The molecule has 0 saturated heterocycles. The topological polar surface area (TPSA) is 46.2 Å². The molecule has 3 N–H and O–H groups in total. The molecule has 0 aromatic heterocycles. The van der Waals surface area contributed by atoms with E-state index >= 15 is 0 Å². The summed E-state index contributed by atoms with van der Waals surface area (Å²) in [4.78, 5) is 0. The summed E-state index contributed by atoms with van der Waals surface area (Å²) in [5, 5.41) is 10.0. The molecule has 13 heavy (non-hydrogen) atoms. The highest BCUT2D eigenvalue weighted by molar-refractivity contribution is 7.99. The second-order valence-corrected chi connectivity index (χ2v) is 5.36. The Bertz CT molecular complexity index is 144. The molecule has 0 aromatic rings. The molecular weight excluding hydrogens is 182 g/mol. The third-order valence-corrected chi connectivity index (χ3v) is 3.89. The molecule has 1 aliphatic rings. The summed E-state index contributed by atoms with van der Waals surface area (Å²) in [6.45, 7) is 2.03. The standard InChI is InChI=1S/C10H21NOS/c1-9(11)4-7-13-8-10(12)5-2-3-6-10/h9,12H,2-8,11H2,1H3. The number of thioether (sulfide) groups is 1. The lowest BCUT2D eigenvalue weighted by molar-refractivity contribution is 0.0732. The Kier molecular flexibility index (Phi) is 4.56. The van der Waals surface area contributed by atoms with Crippen molar-refractivity contribution in [1.82, 2.24) is 0 Å². The lowest BCUT2D eigenvalue weighted by Gasteiger charge is -2.21. The Hall–Kier alpha value is 0.270. The third-order valence-electron chi connectivity index (χ3n) is 2.62. The van der Waals surface area contributed by atoms with Crippen molar-refractivity contribution in [2.45, 2.75) is 50.7 Å². The molecule has 0 bridgehead atoms. The number of nitrogens with two attached hydrogens (primary N) is 1. The lowest BCUT2D eigenvalue weighted by Crippen LogP contribution is -2.27. The molecule has 1 fully saturated rings. The number of aliphatic hydroxyl groups is 1. The Morgan fingerprint density at radius 2 is 2.08 bits per heavy atom. The highest BCUT2D eigenvalue weighted by Gasteiger charge is 2.30. The molecule has 2 nitrogen and oxygen atoms in total. The van der Waals surface area contributed by atoms with Crippen LogP contribution in [0.5, 0.6) is 0 Å². The summed E-state index contributed by atoms with van der Waals surface area (Å²) < 4.78 is 0. The van der Waals surface area contributed by atoms with Gasteiger partial charge in [-0.05, 0) is 31.9 Å². The number of rotatable bonds is 5. The summed E-state index contributed by atoms with van der Waals surface area (Å²) in [6, 6.07) is 0.297. The van der Waals surface area contributed by atoms with Crippen molar-refractivity contribution in [2.75, 3.05) is 11.5 Å². The first kappa shape index (κ1) is 11.3. The normalized spacial score (nSPS) is 23.3. The Morgan fingerprint density at radius 1 is 1.46 bits per heavy atom. The Morgan fingerprint density at radius 3 is 2.62 bits per heavy atom.